The first-order chi connectivity index (χ1) is 14.1. The van der Waals surface area contributed by atoms with E-state index in [1.807, 2.05) is 0 Å². The maximum absolute atomic E-state index is 14.1. The van der Waals surface area contributed by atoms with Crippen LogP contribution < -0.4 is 5.32 Å². The molecule has 4 nitrogen and oxygen atoms in total. The van der Waals surface area contributed by atoms with Crippen LogP contribution in [0, 0.1) is 25.6 Å². The SMILES string of the molecule is Cc1ccc(NC(=O)C2CCCN(C(=O)c3c(C)cccc3F)C2)cc1C(F)(F)F. The summed E-state index contributed by atoms with van der Waals surface area (Å²) < 4.78 is 53.4. The van der Waals surface area contributed by atoms with Crippen LogP contribution in [0.1, 0.15) is 39.9 Å². The van der Waals surface area contributed by atoms with E-state index in [1.165, 1.54) is 36.1 Å². The maximum atomic E-state index is 14.1. The third-order valence-corrected chi connectivity index (χ3v) is 5.33. The first-order valence-electron chi connectivity index (χ1n) is 9.61. The lowest BCUT2D eigenvalue weighted by atomic mass is 9.95. The number of halogens is 4. The van der Waals surface area contributed by atoms with Gasteiger partial charge in [-0.05, 0) is 56.0 Å². The highest BCUT2D eigenvalue weighted by atomic mass is 19.4. The zero-order valence-electron chi connectivity index (χ0n) is 16.6. The molecule has 8 heteroatoms. The number of piperidine rings is 1. The van der Waals surface area contributed by atoms with Crippen molar-refractivity contribution >= 4 is 17.5 Å². The number of alkyl halides is 3. The minimum atomic E-state index is -4.52. The second-order valence-electron chi connectivity index (χ2n) is 7.54. The molecule has 30 heavy (non-hydrogen) atoms. The molecule has 2 aromatic carbocycles. The standard InChI is InChI=1S/C22H22F4N2O2/c1-13-8-9-16(11-17(13)22(24,25)26)27-20(29)15-6-4-10-28(12-15)21(30)19-14(2)5-3-7-18(19)23/h3,5,7-9,11,15H,4,6,10,12H2,1-2H3,(H,27,29). The van der Waals surface area contributed by atoms with Crippen LogP contribution >= 0.6 is 0 Å². The molecule has 1 heterocycles. The van der Waals surface area contributed by atoms with Gasteiger partial charge in [-0.2, -0.15) is 13.2 Å². The van der Waals surface area contributed by atoms with E-state index >= 15 is 0 Å². The molecular formula is C22H22F4N2O2. The van der Waals surface area contributed by atoms with Crippen LogP contribution in [-0.4, -0.2) is 29.8 Å². The number of rotatable bonds is 3. The third kappa shape index (κ3) is 4.63. The predicted molar refractivity (Wildman–Crippen MR) is 105 cm³/mol. The topological polar surface area (TPSA) is 49.4 Å². The number of likely N-dealkylation sites (tertiary alicyclic amines) is 1. The molecule has 0 aliphatic carbocycles. The average molecular weight is 422 g/mol. The summed E-state index contributed by atoms with van der Waals surface area (Å²) in [5.41, 5.74) is -0.213. The van der Waals surface area contributed by atoms with E-state index in [1.54, 1.807) is 13.0 Å². The first-order valence-corrected chi connectivity index (χ1v) is 9.61. The number of benzene rings is 2. The molecule has 0 saturated carbocycles. The highest BCUT2D eigenvalue weighted by Crippen LogP contribution is 2.33. The molecule has 0 bridgehead atoms. The highest BCUT2D eigenvalue weighted by Gasteiger charge is 2.34. The smallest absolute Gasteiger partial charge is 0.338 e. The number of hydrogen-bond acceptors (Lipinski definition) is 2. The molecule has 1 aliphatic rings. The van der Waals surface area contributed by atoms with Gasteiger partial charge in [-0.15, -0.1) is 0 Å². The van der Waals surface area contributed by atoms with Crippen LogP contribution in [0.4, 0.5) is 23.2 Å². The molecule has 1 N–H and O–H groups in total. The number of nitrogens with zero attached hydrogens (tertiary/aromatic N) is 1. The molecule has 0 radical (unpaired) electrons. The van der Waals surface area contributed by atoms with Crippen LogP contribution in [0.3, 0.4) is 0 Å². The van der Waals surface area contributed by atoms with Gasteiger partial charge >= 0.3 is 6.18 Å². The Hall–Kier alpha value is -2.90. The monoisotopic (exact) mass is 422 g/mol. The average Bonchev–Trinajstić information content (AvgIpc) is 2.68. The number of carbonyl (C=O) groups excluding carboxylic acids is 2. The van der Waals surface area contributed by atoms with Crippen molar-refractivity contribution in [1.82, 2.24) is 4.90 Å². The summed E-state index contributed by atoms with van der Waals surface area (Å²) in [6.45, 7) is 3.46. The number of nitrogens with one attached hydrogen (secondary N) is 1. The Balaban J connectivity index is 1.73. The van der Waals surface area contributed by atoms with Crippen molar-refractivity contribution in [2.45, 2.75) is 32.9 Å². The predicted octanol–water partition coefficient (Wildman–Crippen LogP) is 4.95. The van der Waals surface area contributed by atoms with Gasteiger partial charge in [-0.3, -0.25) is 9.59 Å². The number of hydrogen-bond donors (Lipinski definition) is 1. The molecule has 2 amide bonds. The van der Waals surface area contributed by atoms with Gasteiger partial charge in [-0.25, -0.2) is 4.39 Å². The molecule has 160 valence electrons. The summed E-state index contributed by atoms with van der Waals surface area (Å²) in [6, 6.07) is 7.99. The van der Waals surface area contributed by atoms with Gasteiger partial charge in [0.05, 0.1) is 17.0 Å². The summed E-state index contributed by atoms with van der Waals surface area (Å²) in [5.74, 6) is -2.16. The second kappa shape index (κ2) is 8.45. The normalized spacial score (nSPS) is 17.0. The fourth-order valence-corrected chi connectivity index (χ4v) is 3.69. The Morgan fingerprint density at radius 3 is 2.50 bits per heavy atom. The molecule has 1 fully saturated rings. The molecule has 3 rings (SSSR count). The number of carbonyl (C=O) groups is 2. The molecule has 0 spiro atoms. The van der Waals surface area contributed by atoms with E-state index in [0.717, 1.165) is 6.07 Å². The largest absolute Gasteiger partial charge is 0.416 e. The summed E-state index contributed by atoms with van der Waals surface area (Å²) in [6.07, 6.45) is -3.49. The van der Waals surface area contributed by atoms with Crippen molar-refractivity contribution in [3.63, 3.8) is 0 Å². The zero-order chi connectivity index (χ0) is 22.1. The van der Waals surface area contributed by atoms with Crippen molar-refractivity contribution in [2.75, 3.05) is 18.4 Å². The van der Waals surface area contributed by atoms with Crippen LogP contribution in [0.5, 0.6) is 0 Å². The molecule has 1 saturated heterocycles. The minimum Gasteiger partial charge on any atom is -0.338 e. The van der Waals surface area contributed by atoms with E-state index in [-0.39, 0.29) is 23.4 Å². The van der Waals surface area contributed by atoms with Gasteiger partial charge in [0.1, 0.15) is 5.82 Å². The lowest BCUT2D eigenvalue weighted by molar-refractivity contribution is -0.138. The van der Waals surface area contributed by atoms with E-state index < -0.39 is 35.3 Å². The molecule has 2 aromatic rings. The van der Waals surface area contributed by atoms with Crippen molar-refractivity contribution in [2.24, 2.45) is 5.92 Å². The fourth-order valence-electron chi connectivity index (χ4n) is 3.69. The molecular weight excluding hydrogens is 400 g/mol. The van der Waals surface area contributed by atoms with Gasteiger partial charge in [0, 0.05) is 18.8 Å². The highest BCUT2D eigenvalue weighted by molar-refractivity contribution is 5.97. The van der Waals surface area contributed by atoms with Gasteiger partial charge in [0.2, 0.25) is 5.91 Å². The Bertz CT molecular complexity index is 952. The van der Waals surface area contributed by atoms with E-state index in [4.69, 9.17) is 0 Å². The van der Waals surface area contributed by atoms with Crippen LogP contribution in [0.2, 0.25) is 0 Å². The van der Waals surface area contributed by atoms with E-state index in [2.05, 4.69) is 5.32 Å². The van der Waals surface area contributed by atoms with Gasteiger partial charge in [-0.1, -0.05) is 18.2 Å². The molecule has 0 aromatic heterocycles. The first kappa shape index (κ1) is 21.8. The molecule has 1 unspecified atom stereocenters. The summed E-state index contributed by atoms with van der Waals surface area (Å²) in [5, 5.41) is 2.52. The maximum Gasteiger partial charge on any atom is 0.416 e. The van der Waals surface area contributed by atoms with Crippen molar-refractivity contribution in [1.29, 1.82) is 0 Å². The lowest BCUT2D eigenvalue weighted by Gasteiger charge is -2.32. The Labute approximate surface area is 171 Å². The zero-order valence-corrected chi connectivity index (χ0v) is 16.6. The Morgan fingerprint density at radius 1 is 1.10 bits per heavy atom. The fraction of sp³-hybridized carbons (Fsp3) is 0.364. The number of anilines is 1. The van der Waals surface area contributed by atoms with E-state index in [9.17, 15) is 27.2 Å². The summed E-state index contributed by atoms with van der Waals surface area (Å²) in [4.78, 5) is 26.9. The number of aryl methyl sites for hydroxylation is 2. The Kier molecular flexibility index (Phi) is 6.14. The van der Waals surface area contributed by atoms with Crippen molar-refractivity contribution in [3.05, 3.63) is 64.5 Å². The Morgan fingerprint density at radius 2 is 1.83 bits per heavy atom. The molecule has 1 atom stereocenters. The summed E-state index contributed by atoms with van der Waals surface area (Å²) in [7, 11) is 0. The van der Waals surface area contributed by atoms with Crippen LogP contribution in [0.15, 0.2) is 36.4 Å². The number of amides is 2. The third-order valence-electron chi connectivity index (χ3n) is 5.33. The van der Waals surface area contributed by atoms with Gasteiger partial charge in [0.25, 0.3) is 5.91 Å². The van der Waals surface area contributed by atoms with Crippen molar-refractivity contribution in [3.8, 4) is 0 Å². The summed E-state index contributed by atoms with van der Waals surface area (Å²) >= 11 is 0. The van der Waals surface area contributed by atoms with Gasteiger partial charge in [0.15, 0.2) is 0 Å². The van der Waals surface area contributed by atoms with Crippen LogP contribution in [-0.2, 0) is 11.0 Å². The van der Waals surface area contributed by atoms with E-state index in [0.29, 0.717) is 24.9 Å². The second-order valence-corrected chi connectivity index (χ2v) is 7.54. The lowest BCUT2D eigenvalue weighted by Crippen LogP contribution is -2.44. The quantitative estimate of drug-likeness (QED) is 0.712. The van der Waals surface area contributed by atoms with Gasteiger partial charge < -0.3 is 10.2 Å². The van der Waals surface area contributed by atoms with Crippen molar-refractivity contribution < 1.29 is 27.2 Å². The molecule has 1 aliphatic heterocycles. The van der Waals surface area contributed by atoms with Crippen LogP contribution in [0.25, 0.3) is 0 Å². The minimum absolute atomic E-state index is 0.0214.